The van der Waals surface area contributed by atoms with E-state index in [9.17, 15) is 18.0 Å². The molecule has 1 atom stereocenters. The monoisotopic (exact) mass is 226 g/mol. The van der Waals surface area contributed by atoms with Gasteiger partial charge in [0.05, 0.1) is 0 Å². The molecule has 0 bridgehead atoms. The standard InChI is InChI=1S/C10H17F3O2/c1-3-5-7-9(6-4-2,8(14)15)10(11,12)13/h3-7H2,1-2H3,(H,14,15). The van der Waals surface area contributed by atoms with Gasteiger partial charge >= 0.3 is 12.1 Å². The van der Waals surface area contributed by atoms with Gasteiger partial charge in [0.25, 0.3) is 0 Å². The molecule has 5 heteroatoms. The maximum absolute atomic E-state index is 12.8. The highest BCUT2D eigenvalue weighted by Gasteiger charge is 2.59. The summed E-state index contributed by atoms with van der Waals surface area (Å²) in [5.74, 6) is -1.75. The van der Waals surface area contributed by atoms with Gasteiger partial charge in [0.1, 0.15) is 0 Å². The molecule has 90 valence electrons. The predicted octanol–water partition coefficient (Wildman–Crippen LogP) is 3.61. The zero-order valence-electron chi connectivity index (χ0n) is 9.02. The van der Waals surface area contributed by atoms with E-state index < -0.39 is 17.6 Å². The van der Waals surface area contributed by atoms with Crippen molar-refractivity contribution in [1.29, 1.82) is 0 Å². The molecule has 0 aromatic carbocycles. The van der Waals surface area contributed by atoms with E-state index in [1.807, 2.05) is 0 Å². The van der Waals surface area contributed by atoms with Gasteiger partial charge in [-0.2, -0.15) is 13.2 Å². The summed E-state index contributed by atoms with van der Waals surface area (Å²) in [6.45, 7) is 3.31. The molecule has 0 radical (unpaired) electrons. The zero-order chi connectivity index (χ0) is 12.1. The van der Waals surface area contributed by atoms with Crippen LogP contribution in [0.25, 0.3) is 0 Å². The largest absolute Gasteiger partial charge is 0.481 e. The fourth-order valence-corrected chi connectivity index (χ4v) is 1.65. The Hall–Kier alpha value is -0.740. The van der Waals surface area contributed by atoms with Gasteiger partial charge in [-0.3, -0.25) is 4.79 Å². The predicted molar refractivity (Wildman–Crippen MR) is 50.6 cm³/mol. The van der Waals surface area contributed by atoms with Crippen molar-refractivity contribution in [3.05, 3.63) is 0 Å². The first-order chi connectivity index (χ1) is 6.81. The highest BCUT2D eigenvalue weighted by Crippen LogP contribution is 2.46. The average Bonchev–Trinajstić information content (AvgIpc) is 2.09. The molecule has 0 aliphatic heterocycles. The lowest BCUT2D eigenvalue weighted by molar-refractivity contribution is -0.236. The number of carboxylic acid groups (broad SMARTS) is 1. The van der Waals surface area contributed by atoms with Crippen LogP contribution in [0.4, 0.5) is 13.2 Å². The minimum absolute atomic E-state index is 0.218. The van der Waals surface area contributed by atoms with Gasteiger partial charge in [0.15, 0.2) is 5.41 Å². The first kappa shape index (κ1) is 14.3. The Morgan fingerprint density at radius 1 is 1.13 bits per heavy atom. The number of aliphatic carboxylic acids is 1. The molecule has 0 saturated heterocycles. The molecule has 2 nitrogen and oxygen atoms in total. The highest BCUT2D eigenvalue weighted by atomic mass is 19.4. The van der Waals surface area contributed by atoms with Crippen molar-refractivity contribution in [3.63, 3.8) is 0 Å². The summed E-state index contributed by atoms with van der Waals surface area (Å²) >= 11 is 0. The second-order valence-corrected chi connectivity index (χ2v) is 3.74. The summed E-state index contributed by atoms with van der Waals surface area (Å²) in [4.78, 5) is 10.8. The topological polar surface area (TPSA) is 37.3 Å². The molecule has 0 heterocycles. The third-order valence-electron chi connectivity index (χ3n) is 2.59. The first-order valence-corrected chi connectivity index (χ1v) is 5.12. The summed E-state index contributed by atoms with van der Waals surface area (Å²) in [6.07, 6.45) is -4.26. The average molecular weight is 226 g/mol. The lowest BCUT2D eigenvalue weighted by Gasteiger charge is -2.31. The molecule has 0 aliphatic carbocycles. The first-order valence-electron chi connectivity index (χ1n) is 5.12. The fraction of sp³-hybridized carbons (Fsp3) is 0.900. The van der Waals surface area contributed by atoms with Gasteiger partial charge in [0, 0.05) is 0 Å². The summed E-state index contributed by atoms with van der Waals surface area (Å²) in [5.41, 5.74) is -2.54. The van der Waals surface area contributed by atoms with E-state index in [1.54, 1.807) is 13.8 Å². The number of unbranched alkanes of at least 4 members (excludes halogenated alkanes) is 1. The smallest absolute Gasteiger partial charge is 0.404 e. The Kier molecular flexibility index (Phi) is 5.11. The Bertz CT molecular complexity index is 213. The van der Waals surface area contributed by atoms with E-state index in [4.69, 9.17) is 5.11 Å². The SMILES string of the molecule is CCCCC(CCC)(C(=O)O)C(F)(F)F. The van der Waals surface area contributed by atoms with Crippen molar-refractivity contribution < 1.29 is 23.1 Å². The maximum atomic E-state index is 12.8. The van der Waals surface area contributed by atoms with Crippen LogP contribution < -0.4 is 0 Å². The van der Waals surface area contributed by atoms with E-state index in [0.29, 0.717) is 6.42 Å². The minimum Gasteiger partial charge on any atom is -0.481 e. The van der Waals surface area contributed by atoms with Crippen molar-refractivity contribution >= 4 is 5.97 Å². The normalized spacial score (nSPS) is 16.1. The molecular formula is C10H17F3O2. The number of halogens is 3. The van der Waals surface area contributed by atoms with Crippen LogP contribution >= 0.6 is 0 Å². The van der Waals surface area contributed by atoms with E-state index in [0.717, 1.165) is 0 Å². The molecule has 0 spiro atoms. The molecular weight excluding hydrogens is 209 g/mol. The van der Waals surface area contributed by atoms with Crippen LogP contribution in [0.3, 0.4) is 0 Å². The molecule has 0 aliphatic rings. The number of rotatable bonds is 6. The molecule has 0 saturated carbocycles. The van der Waals surface area contributed by atoms with Crippen LogP contribution in [-0.4, -0.2) is 17.3 Å². The number of carboxylic acids is 1. The molecule has 0 fully saturated rings. The van der Waals surface area contributed by atoms with Gasteiger partial charge in [-0.15, -0.1) is 0 Å². The molecule has 0 aromatic heterocycles. The third kappa shape index (κ3) is 3.11. The van der Waals surface area contributed by atoms with Crippen LogP contribution in [0.5, 0.6) is 0 Å². The summed E-state index contributed by atoms with van der Waals surface area (Å²) in [7, 11) is 0. The van der Waals surface area contributed by atoms with E-state index in [-0.39, 0.29) is 25.7 Å². The third-order valence-corrected chi connectivity index (χ3v) is 2.59. The van der Waals surface area contributed by atoms with Crippen molar-refractivity contribution in [2.24, 2.45) is 5.41 Å². The van der Waals surface area contributed by atoms with Crippen LogP contribution in [0.15, 0.2) is 0 Å². The number of alkyl halides is 3. The van der Waals surface area contributed by atoms with Crippen molar-refractivity contribution in [2.75, 3.05) is 0 Å². The van der Waals surface area contributed by atoms with Gasteiger partial charge in [0.2, 0.25) is 0 Å². The van der Waals surface area contributed by atoms with Crippen molar-refractivity contribution in [2.45, 2.75) is 52.1 Å². The lowest BCUT2D eigenvalue weighted by atomic mass is 9.78. The maximum Gasteiger partial charge on any atom is 0.404 e. The fourth-order valence-electron chi connectivity index (χ4n) is 1.65. The number of hydrogen-bond donors (Lipinski definition) is 1. The lowest BCUT2D eigenvalue weighted by Crippen LogP contribution is -2.45. The summed E-state index contributed by atoms with van der Waals surface area (Å²) in [5, 5.41) is 8.80. The van der Waals surface area contributed by atoms with Crippen molar-refractivity contribution in [1.82, 2.24) is 0 Å². The quantitative estimate of drug-likeness (QED) is 0.751. The Morgan fingerprint density at radius 3 is 1.93 bits per heavy atom. The molecule has 0 amide bonds. The molecule has 1 N–H and O–H groups in total. The molecule has 0 rings (SSSR count). The van der Waals surface area contributed by atoms with Gasteiger partial charge < -0.3 is 5.11 Å². The van der Waals surface area contributed by atoms with Gasteiger partial charge in [-0.05, 0) is 12.8 Å². The summed E-state index contributed by atoms with van der Waals surface area (Å²) < 4.78 is 38.3. The Morgan fingerprint density at radius 2 is 1.67 bits per heavy atom. The van der Waals surface area contributed by atoms with Crippen LogP contribution in [-0.2, 0) is 4.79 Å². The molecule has 1 unspecified atom stereocenters. The second kappa shape index (κ2) is 5.37. The zero-order valence-corrected chi connectivity index (χ0v) is 9.02. The van der Waals surface area contributed by atoms with Crippen LogP contribution in [0.2, 0.25) is 0 Å². The Balaban J connectivity index is 4.99. The minimum atomic E-state index is -4.66. The number of hydrogen-bond acceptors (Lipinski definition) is 1. The van der Waals surface area contributed by atoms with E-state index >= 15 is 0 Å². The van der Waals surface area contributed by atoms with E-state index in [2.05, 4.69) is 0 Å². The summed E-state index contributed by atoms with van der Waals surface area (Å²) in [6, 6.07) is 0. The molecule has 15 heavy (non-hydrogen) atoms. The highest BCUT2D eigenvalue weighted by molar-refractivity contribution is 5.75. The van der Waals surface area contributed by atoms with Crippen LogP contribution in [0.1, 0.15) is 46.0 Å². The second-order valence-electron chi connectivity index (χ2n) is 3.74. The van der Waals surface area contributed by atoms with Gasteiger partial charge in [-0.1, -0.05) is 33.1 Å². The molecule has 0 aromatic rings. The number of carbonyl (C=O) groups is 1. The van der Waals surface area contributed by atoms with E-state index in [1.165, 1.54) is 0 Å². The van der Waals surface area contributed by atoms with Crippen LogP contribution in [0, 0.1) is 5.41 Å². The Labute approximate surface area is 87.5 Å². The van der Waals surface area contributed by atoms with Crippen molar-refractivity contribution in [3.8, 4) is 0 Å². The van der Waals surface area contributed by atoms with Gasteiger partial charge in [-0.25, -0.2) is 0 Å².